The largest absolute Gasteiger partial charge is 0.491 e. The fraction of sp³-hybridized carbons (Fsp3) is 0.333. The van der Waals surface area contributed by atoms with Crippen molar-refractivity contribution >= 4 is 15.9 Å². The summed E-state index contributed by atoms with van der Waals surface area (Å²) in [7, 11) is 1.64. The average Bonchev–Trinajstić information content (AvgIpc) is 2.58. The first kappa shape index (κ1) is 18.7. The molecule has 0 aromatic heterocycles. The van der Waals surface area contributed by atoms with E-state index in [2.05, 4.69) is 15.9 Å². The van der Waals surface area contributed by atoms with Gasteiger partial charge in [0.1, 0.15) is 30.5 Å². The average molecular weight is 399 g/mol. The molecule has 0 bridgehead atoms. The molecule has 0 amide bonds. The lowest BCUT2D eigenvalue weighted by molar-refractivity contribution is 0.0544. The maximum Gasteiger partial charge on any atom is 0.134 e. The van der Waals surface area contributed by atoms with Gasteiger partial charge in [0.25, 0.3) is 0 Å². The van der Waals surface area contributed by atoms with Gasteiger partial charge in [0.2, 0.25) is 0 Å². The van der Waals surface area contributed by atoms with Gasteiger partial charge in [-0.3, -0.25) is 0 Å². The number of benzene rings is 2. The molecule has 130 valence electrons. The molecule has 0 fully saturated rings. The first-order valence-electron chi connectivity index (χ1n) is 7.55. The van der Waals surface area contributed by atoms with E-state index in [-0.39, 0.29) is 5.82 Å². The van der Waals surface area contributed by atoms with Crippen LogP contribution < -0.4 is 9.47 Å². The Bertz CT molecular complexity index is 619. The lowest BCUT2D eigenvalue weighted by Gasteiger charge is -2.10. The Balaban J connectivity index is 1.73. The van der Waals surface area contributed by atoms with E-state index in [1.165, 1.54) is 12.1 Å². The third-order valence-electron chi connectivity index (χ3n) is 3.14. The summed E-state index contributed by atoms with van der Waals surface area (Å²) in [5, 5.41) is 0. The van der Waals surface area contributed by atoms with Gasteiger partial charge in [-0.25, -0.2) is 4.39 Å². The molecule has 0 aliphatic heterocycles. The van der Waals surface area contributed by atoms with Crippen LogP contribution >= 0.6 is 15.9 Å². The minimum atomic E-state index is -0.304. The van der Waals surface area contributed by atoms with E-state index in [1.54, 1.807) is 13.2 Å². The lowest BCUT2D eigenvalue weighted by atomic mass is 10.2. The predicted octanol–water partition coefficient (Wildman–Crippen LogP) is 4.21. The summed E-state index contributed by atoms with van der Waals surface area (Å²) in [4.78, 5) is 0. The summed E-state index contributed by atoms with van der Waals surface area (Å²) in [5.74, 6) is 1.07. The van der Waals surface area contributed by atoms with Crippen LogP contribution in [0, 0.1) is 5.82 Å². The van der Waals surface area contributed by atoms with Crippen molar-refractivity contribution in [3.8, 4) is 11.5 Å². The normalized spacial score (nSPS) is 10.6. The molecular weight excluding hydrogens is 379 g/mol. The highest BCUT2D eigenvalue weighted by atomic mass is 79.9. The fourth-order valence-electron chi connectivity index (χ4n) is 1.90. The second kappa shape index (κ2) is 10.3. The number of ether oxygens (including phenoxy) is 4. The molecule has 0 unspecified atom stereocenters. The molecule has 0 aliphatic rings. The van der Waals surface area contributed by atoms with Gasteiger partial charge < -0.3 is 18.9 Å². The first-order chi connectivity index (χ1) is 11.7. The van der Waals surface area contributed by atoms with E-state index in [4.69, 9.17) is 18.9 Å². The molecule has 0 spiro atoms. The van der Waals surface area contributed by atoms with Crippen LogP contribution in [0.2, 0.25) is 0 Å². The second-order valence-corrected chi connectivity index (χ2v) is 5.82. The second-order valence-electron chi connectivity index (χ2n) is 4.96. The smallest absolute Gasteiger partial charge is 0.134 e. The monoisotopic (exact) mass is 398 g/mol. The van der Waals surface area contributed by atoms with Crippen LogP contribution in [0.3, 0.4) is 0 Å². The number of rotatable bonds is 10. The van der Waals surface area contributed by atoms with Crippen molar-refractivity contribution in [1.29, 1.82) is 0 Å². The SMILES string of the molecule is COCCOCCOc1ccc(COc2ccc(F)cc2Br)cc1. The quantitative estimate of drug-likeness (QED) is 0.561. The van der Waals surface area contributed by atoms with Gasteiger partial charge in [-0.2, -0.15) is 0 Å². The summed E-state index contributed by atoms with van der Waals surface area (Å²) >= 11 is 3.28. The van der Waals surface area contributed by atoms with Crippen molar-refractivity contribution in [2.75, 3.05) is 33.5 Å². The van der Waals surface area contributed by atoms with Crippen LogP contribution in [0.5, 0.6) is 11.5 Å². The predicted molar refractivity (Wildman–Crippen MR) is 93.1 cm³/mol. The Labute approximate surface area is 149 Å². The van der Waals surface area contributed by atoms with E-state index in [1.807, 2.05) is 24.3 Å². The molecule has 0 saturated carbocycles. The minimum Gasteiger partial charge on any atom is -0.491 e. The standard InChI is InChI=1S/C18H20BrFO4/c1-21-8-9-22-10-11-23-16-5-2-14(3-6-16)13-24-18-7-4-15(20)12-17(18)19/h2-7,12H,8-11,13H2,1H3. The first-order valence-corrected chi connectivity index (χ1v) is 8.34. The van der Waals surface area contributed by atoms with Gasteiger partial charge in [0.05, 0.1) is 24.3 Å². The molecule has 24 heavy (non-hydrogen) atoms. The topological polar surface area (TPSA) is 36.9 Å². The zero-order valence-electron chi connectivity index (χ0n) is 13.5. The van der Waals surface area contributed by atoms with Crippen molar-refractivity contribution in [3.05, 3.63) is 58.3 Å². The number of halogens is 2. The molecular formula is C18H20BrFO4. The fourth-order valence-corrected chi connectivity index (χ4v) is 2.36. The van der Waals surface area contributed by atoms with Crippen LogP contribution in [0.1, 0.15) is 5.56 Å². The van der Waals surface area contributed by atoms with Gasteiger partial charge in [-0.05, 0) is 51.8 Å². The Morgan fingerprint density at radius 1 is 0.917 bits per heavy atom. The summed E-state index contributed by atoms with van der Waals surface area (Å²) in [6.07, 6.45) is 0. The molecule has 0 radical (unpaired) electrons. The minimum absolute atomic E-state index is 0.304. The highest BCUT2D eigenvalue weighted by Gasteiger charge is 2.03. The Hall–Kier alpha value is -1.63. The van der Waals surface area contributed by atoms with Gasteiger partial charge in [-0.15, -0.1) is 0 Å². The zero-order valence-corrected chi connectivity index (χ0v) is 15.1. The van der Waals surface area contributed by atoms with Gasteiger partial charge in [-0.1, -0.05) is 12.1 Å². The van der Waals surface area contributed by atoms with E-state index in [0.29, 0.717) is 43.3 Å². The van der Waals surface area contributed by atoms with Crippen LogP contribution in [0.15, 0.2) is 46.9 Å². The molecule has 6 heteroatoms. The molecule has 2 aromatic carbocycles. The molecule has 0 saturated heterocycles. The third-order valence-corrected chi connectivity index (χ3v) is 3.76. The molecule has 0 atom stereocenters. The zero-order chi connectivity index (χ0) is 17.2. The van der Waals surface area contributed by atoms with Crippen molar-refractivity contribution < 1.29 is 23.3 Å². The Morgan fingerprint density at radius 2 is 1.67 bits per heavy atom. The molecule has 2 aromatic rings. The summed E-state index contributed by atoms with van der Waals surface area (Å²) in [6, 6.07) is 12.0. The number of hydrogen-bond acceptors (Lipinski definition) is 4. The van der Waals surface area contributed by atoms with E-state index < -0.39 is 0 Å². The molecule has 0 N–H and O–H groups in total. The van der Waals surface area contributed by atoms with Crippen LogP contribution in [-0.2, 0) is 16.1 Å². The summed E-state index contributed by atoms with van der Waals surface area (Å²) < 4.78 is 35.1. The molecule has 0 heterocycles. The summed E-state index contributed by atoms with van der Waals surface area (Å²) in [6.45, 7) is 2.55. The van der Waals surface area contributed by atoms with Crippen molar-refractivity contribution in [3.63, 3.8) is 0 Å². The van der Waals surface area contributed by atoms with Crippen molar-refractivity contribution in [2.45, 2.75) is 6.61 Å². The van der Waals surface area contributed by atoms with Crippen molar-refractivity contribution in [1.82, 2.24) is 0 Å². The maximum absolute atomic E-state index is 13.0. The molecule has 2 rings (SSSR count). The van der Waals surface area contributed by atoms with Gasteiger partial charge in [0.15, 0.2) is 0 Å². The maximum atomic E-state index is 13.0. The van der Waals surface area contributed by atoms with Gasteiger partial charge >= 0.3 is 0 Å². The van der Waals surface area contributed by atoms with E-state index in [0.717, 1.165) is 11.3 Å². The Kier molecular flexibility index (Phi) is 8.01. The van der Waals surface area contributed by atoms with E-state index in [9.17, 15) is 4.39 Å². The highest BCUT2D eigenvalue weighted by Crippen LogP contribution is 2.26. The highest BCUT2D eigenvalue weighted by molar-refractivity contribution is 9.10. The van der Waals surface area contributed by atoms with Crippen LogP contribution in [0.4, 0.5) is 4.39 Å². The summed E-state index contributed by atoms with van der Waals surface area (Å²) in [5.41, 5.74) is 0.995. The lowest BCUT2D eigenvalue weighted by Crippen LogP contribution is -2.10. The van der Waals surface area contributed by atoms with Gasteiger partial charge in [0, 0.05) is 7.11 Å². The van der Waals surface area contributed by atoms with Crippen molar-refractivity contribution in [2.24, 2.45) is 0 Å². The number of hydrogen-bond donors (Lipinski definition) is 0. The van der Waals surface area contributed by atoms with Crippen LogP contribution in [-0.4, -0.2) is 33.5 Å². The third kappa shape index (κ3) is 6.47. The molecule has 0 aliphatic carbocycles. The number of methoxy groups -OCH3 is 1. The molecule has 4 nitrogen and oxygen atoms in total. The van der Waals surface area contributed by atoms with E-state index >= 15 is 0 Å². The Morgan fingerprint density at radius 3 is 2.38 bits per heavy atom. The van der Waals surface area contributed by atoms with Crippen LogP contribution in [0.25, 0.3) is 0 Å².